The highest BCUT2D eigenvalue weighted by atomic mass is 127. The van der Waals surface area contributed by atoms with Gasteiger partial charge >= 0.3 is 0 Å². The molecule has 1 aliphatic heterocycles. The van der Waals surface area contributed by atoms with E-state index in [0.717, 1.165) is 29.6 Å². The van der Waals surface area contributed by atoms with Gasteiger partial charge in [0, 0.05) is 26.7 Å². The summed E-state index contributed by atoms with van der Waals surface area (Å²) in [6.07, 6.45) is 11.7. The summed E-state index contributed by atoms with van der Waals surface area (Å²) in [6, 6.07) is 0. The summed E-state index contributed by atoms with van der Waals surface area (Å²) in [5.41, 5.74) is 0. The number of nitrogens with zero attached hydrogens (tertiary/aromatic N) is 2. The van der Waals surface area contributed by atoms with Crippen molar-refractivity contribution in [1.29, 1.82) is 0 Å². The summed E-state index contributed by atoms with van der Waals surface area (Å²) in [6.45, 7) is 3.68. The van der Waals surface area contributed by atoms with Crippen LogP contribution in [0.25, 0.3) is 0 Å². The number of nitrogens with one attached hydrogen (secondary N) is 1. The number of halogens is 1. The molecule has 3 saturated carbocycles. The van der Waals surface area contributed by atoms with Crippen LogP contribution in [0.1, 0.15) is 51.4 Å². The molecule has 3 nitrogen and oxygen atoms in total. The molecule has 0 aromatic carbocycles. The third-order valence-corrected chi connectivity index (χ3v) is 6.44. The highest BCUT2D eigenvalue weighted by molar-refractivity contribution is 14.0. The molecule has 2 atom stereocenters. The van der Waals surface area contributed by atoms with Crippen LogP contribution in [0.5, 0.6) is 0 Å². The molecular weight excluding hydrogens is 385 g/mol. The molecule has 0 amide bonds. The fourth-order valence-electron chi connectivity index (χ4n) is 4.89. The maximum Gasteiger partial charge on any atom is 0.193 e. The molecule has 0 bridgehead atoms. The zero-order valence-electron chi connectivity index (χ0n) is 14.0. The Morgan fingerprint density at radius 1 is 1.00 bits per heavy atom. The molecule has 1 N–H and O–H groups in total. The first-order chi connectivity index (χ1) is 10.3. The average molecular weight is 417 g/mol. The lowest BCUT2D eigenvalue weighted by molar-refractivity contribution is 0.299. The Morgan fingerprint density at radius 2 is 1.55 bits per heavy atom. The number of rotatable bonds is 4. The fraction of sp³-hybridized carbons (Fsp3) is 0.944. The van der Waals surface area contributed by atoms with Gasteiger partial charge in [-0.2, -0.15) is 0 Å². The Hall–Kier alpha value is 0. The van der Waals surface area contributed by atoms with E-state index in [9.17, 15) is 0 Å². The van der Waals surface area contributed by atoms with Crippen molar-refractivity contribution in [1.82, 2.24) is 10.2 Å². The van der Waals surface area contributed by atoms with Crippen LogP contribution < -0.4 is 5.32 Å². The highest BCUT2D eigenvalue weighted by Gasteiger charge is 2.41. The number of fused-ring (bicyclic) bond motifs is 1. The van der Waals surface area contributed by atoms with E-state index in [-0.39, 0.29) is 24.0 Å². The predicted octanol–water partition coefficient (Wildman–Crippen LogP) is 3.74. The lowest BCUT2D eigenvalue weighted by Gasteiger charge is -2.24. The van der Waals surface area contributed by atoms with Crippen LogP contribution in [0.15, 0.2) is 4.99 Å². The number of hydrogen-bond acceptors (Lipinski definition) is 1. The second-order valence-corrected chi connectivity index (χ2v) is 7.98. The number of aliphatic imine (C=N–C) groups is 1. The normalized spacial score (nSPS) is 31.9. The fourth-order valence-corrected chi connectivity index (χ4v) is 4.89. The second kappa shape index (κ2) is 7.27. The zero-order chi connectivity index (χ0) is 14.2. The van der Waals surface area contributed by atoms with Crippen LogP contribution in [0, 0.1) is 29.6 Å². The minimum Gasteiger partial charge on any atom is -0.356 e. The van der Waals surface area contributed by atoms with Gasteiger partial charge in [-0.1, -0.05) is 12.8 Å². The highest BCUT2D eigenvalue weighted by Crippen LogP contribution is 2.48. The van der Waals surface area contributed by atoms with Crippen molar-refractivity contribution >= 4 is 29.9 Å². The first-order valence-electron chi connectivity index (χ1n) is 9.30. The van der Waals surface area contributed by atoms with Crippen LogP contribution in [0.3, 0.4) is 0 Å². The minimum atomic E-state index is 0. The summed E-state index contributed by atoms with van der Waals surface area (Å²) >= 11 is 0. The van der Waals surface area contributed by atoms with E-state index >= 15 is 0 Å². The van der Waals surface area contributed by atoms with E-state index in [1.165, 1.54) is 77.0 Å². The van der Waals surface area contributed by atoms with Crippen LogP contribution in [0.4, 0.5) is 0 Å². The topological polar surface area (TPSA) is 27.6 Å². The summed E-state index contributed by atoms with van der Waals surface area (Å²) in [4.78, 5) is 7.14. The third kappa shape index (κ3) is 3.73. The molecule has 2 unspecified atom stereocenters. The monoisotopic (exact) mass is 417 g/mol. The van der Waals surface area contributed by atoms with Crippen LogP contribution in [-0.4, -0.2) is 37.5 Å². The Labute approximate surface area is 152 Å². The molecule has 4 rings (SSSR count). The largest absolute Gasteiger partial charge is 0.356 e. The van der Waals surface area contributed by atoms with E-state index in [1.807, 2.05) is 7.05 Å². The van der Waals surface area contributed by atoms with Crippen molar-refractivity contribution in [3.63, 3.8) is 0 Å². The molecule has 4 heteroatoms. The Balaban J connectivity index is 0.00000144. The van der Waals surface area contributed by atoms with Gasteiger partial charge in [-0.25, -0.2) is 0 Å². The predicted molar refractivity (Wildman–Crippen MR) is 103 cm³/mol. The van der Waals surface area contributed by atoms with Crippen molar-refractivity contribution in [2.45, 2.75) is 51.4 Å². The first kappa shape index (κ1) is 16.8. The molecule has 126 valence electrons. The van der Waals surface area contributed by atoms with Crippen molar-refractivity contribution < 1.29 is 0 Å². The molecule has 0 aromatic heterocycles. The standard InChI is InChI=1S/C18H31N3.HI/c1-19-18(20-10-17(13-6-7-13)14-8-9-14)21-11-15-4-2-3-5-16(15)12-21;/h13-17H,2-12H2,1H3,(H,19,20);1H. The van der Waals surface area contributed by atoms with Crippen molar-refractivity contribution in [3.8, 4) is 0 Å². The van der Waals surface area contributed by atoms with Gasteiger partial charge in [-0.15, -0.1) is 24.0 Å². The van der Waals surface area contributed by atoms with Gasteiger partial charge in [-0.05, 0) is 68.1 Å². The molecule has 0 radical (unpaired) electrons. The van der Waals surface area contributed by atoms with E-state index < -0.39 is 0 Å². The summed E-state index contributed by atoms with van der Waals surface area (Å²) in [5, 5.41) is 3.74. The van der Waals surface area contributed by atoms with Gasteiger partial charge in [0.2, 0.25) is 0 Å². The van der Waals surface area contributed by atoms with Gasteiger partial charge in [-0.3, -0.25) is 4.99 Å². The number of likely N-dealkylation sites (tertiary alicyclic amines) is 1. The molecule has 4 aliphatic rings. The van der Waals surface area contributed by atoms with E-state index in [4.69, 9.17) is 0 Å². The lowest BCUT2D eigenvalue weighted by atomic mass is 9.82. The van der Waals surface area contributed by atoms with Crippen LogP contribution in [-0.2, 0) is 0 Å². The van der Waals surface area contributed by atoms with Crippen molar-refractivity contribution in [2.24, 2.45) is 34.6 Å². The molecule has 0 aromatic rings. The van der Waals surface area contributed by atoms with Crippen molar-refractivity contribution in [3.05, 3.63) is 0 Å². The van der Waals surface area contributed by atoms with Crippen molar-refractivity contribution in [2.75, 3.05) is 26.7 Å². The van der Waals surface area contributed by atoms with Gasteiger partial charge in [0.05, 0.1) is 0 Å². The average Bonchev–Trinajstić information content (AvgIpc) is 3.42. The van der Waals surface area contributed by atoms with Crippen LogP contribution >= 0.6 is 24.0 Å². The zero-order valence-corrected chi connectivity index (χ0v) is 16.3. The van der Waals surface area contributed by atoms with E-state index in [1.54, 1.807) is 0 Å². The van der Waals surface area contributed by atoms with Gasteiger partial charge in [0.25, 0.3) is 0 Å². The Morgan fingerprint density at radius 3 is 2.00 bits per heavy atom. The molecule has 22 heavy (non-hydrogen) atoms. The molecular formula is C18H32IN3. The summed E-state index contributed by atoms with van der Waals surface area (Å²) in [5.74, 6) is 6.08. The van der Waals surface area contributed by atoms with E-state index in [0.29, 0.717) is 0 Å². The third-order valence-electron chi connectivity index (χ3n) is 6.44. The molecule has 3 aliphatic carbocycles. The first-order valence-corrected chi connectivity index (χ1v) is 9.30. The number of hydrogen-bond donors (Lipinski definition) is 1. The maximum absolute atomic E-state index is 4.59. The lowest BCUT2D eigenvalue weighted by Crippen LogP contribution is -2.42. The number of guanidine groups is 1. The summed E-state index contributed by atoms with van der Waals surface area (Å²) < 4.78 is 0. The molecule has 4 fully saturated rings. The Kier molecular flexibility index (Phi) is 5.56. The maximum atomic E-state index is 4.59. The summed E-state index contributed by atoms with van der Waals surface area (Å²) in [7, 11) is 1.97. The molecule has 0 spiro atoms. The molecule has 1 saturated heterocycles. The van der Waals surface area contributed by atoms with Gasteiger partial charge < -0.3 is 10.2 Å². The quantitative estimate of drug-likeness (QED) is 0.429. The SMILES string of the molecule is CN=C(NCC(C1CC1)C1CC1)N1CC2CCCCC2C1.I. The van der Waals surface area contributed by atoms with E-state index in [2.05, 4.69) is 15.2 Å². The molecule has 1 heterocycles. The smallest absolute Gasteiger partial charge is 0.193 e. The second-order valence-electron chi connectivity index (χ2n) is 7.98. The van der Waals surface area contributed by atoms with Gasteiger partial charge in [0.15, 0.2) is 5.96 Å². The minimum absolute atomic E-state index is 0. The Bertz CT molecular complexity index is 377. The van der Waals surface area contributed by atoms with Crippen LogP contribution in [0.2, 0.25) is 0 Å². The van der Waals surface area contributed by atoms with Gasteiger partial charge in [0.1, 0.15) is 0 Å².